The van der Waals surface area contributed by atoms with E-state index in [4.69, 9.17) is 24.1 Å². The molecular weight excluding hydrogens is 421 g/mol. The van der Waals surface area contributed by atoms with Crippen LogP contribution in [-0.2, 0) is 25.6 Å². The lowest BCUT2D eigenvalue weighted by Gasteiger charge is -2.19. The number of likely N-dealkylation sites (tertiary alicyclic amines) is 1. The second kappa shape index (κ2) is 11.3. The normalized spacial score (nSPS) is 22.9. The molecular formula is C20H27F3N2O6. The van der Waals surface area contributed by atoms with Crippen LogP contribution in [0, 0.1) is 11.8 Å². The summed E-state index contributed by atoms with van der Waals surface area (Å²) in [7, 11) is 3.31. The highest BCUT2D eigenvalue weighted by Gasteiger charge is 2.46. The predicted octanol–water partition coefficient (Wildman–Crippen LogP) is 1.54. The minimum Gasteiger partial charge on any atom is -0.497 e. The average Bonchev–Trinajstić information content (AvgIpc) is 3.28. The van der Waals surface area contributed by atoms with E-state index in [9.17, 15) is 18.0 Å². The number of carboxylic acid groups (broad SMARTS) is 1. The van der Waals surface area contributed by atoms with Crippen molar-refractivity contribution in [3.8, 4) is 5.75 Å². The van der Waals surface area contributed by atoms with Crippen LogP contribution in [-0.4, -0.2) is 81.2 Å². The zero-order chi connectivity index (χ0) is 23.0. The van der Waals surface area contributed by atoms with E-state index in [2.05, 4.69) is 22.3 Å². The number of amides is 1. The highest BCUT2D eigenvalue weighted by atomic mass is 19.4. The summed E-state index contributed by atoms with van der Waals surface area (Å²) in [4.78, 5) is 23.6. The highest BCUT2D eigenvalue weighted by molar-refractivity contribution is 5.79. The number of nitrogens with zero attached hydrogens (tertiary/aromatic N) is 1. The molecule has 31 heavy (non-hydrogen) atoms. The number of methoxy groups -OCH3 is 2. The fourth-order valence-electron chi connectivity index (χ4n) is 3.59. The van der Waals surface area contributed by atoms with Crippen molar-refractivity contribution in [2.24, 2.45) is 11.8 Å². The molecule has 0 aliphatic carbocycles. The van der Waals surface area contributed by atoms with Gasteiger partial charge in [0.15, 0.2) is 0 Å². The molecule has 2 N–H and O–H groups in total. The molecule has 3 rings (SSSR count). The smallest absolute Gasteiger partial charge is 0.490 e. The fraction of sp³-hybridized carbons (Fsp3) is 0.600. The molecule has 2 saturated heterocycles. The Morgan fingerprint density at radius 3 is 2.42 bits per heavy atom. The van der Waals surface area contributed by atoms with Crippen LogP contribution in [0.5, 0.6) is 5.75 Å². The SMILES string of the molecule is COCCNC(=O)[C@H]1CO[C@@H]2CN(Cc3ccc(OC)cc3)C[C@H]12.O=C(O)C(F)(F)F. The Hall–Kier alpha value is -2.37. The van der Waals surface area contributed by atoms with Gasteiger partial charge in [0.2, 0.25) is 5.91 Å². The summed E-state index contributed by atoms with van der Waals surface area (Å²) in [5.41, 5.74) is 1.25. The fourth-order valence-corrected chi connectivity index (χ4v) is 3.59. The first-order valence-corrected chi connectivity index (χ1v) is 9.69. The lowest BCUT2D eigenvalue weighted by Crippen LogP contribution is -2.38. The van der Waals surface area contributed by atoms with Gasteiger partial charge in [-0.15, -0.1) is 0 Å². The van der Waals surface area contributed by atoms with Gasteiger partial charge in [-0.1, -0.05) is 12.1 Å². The second-order valence-corrected chi connectivity index (χ2v) is 7.27. The molecule has 2 fully saturated rings. The van der Waals surface area contributed by atoms with Crippen molar-refractivity contribution < 1.29 is 42.1 Å². The summed E-state index contributed by atoms with van der Waals surface area (Å²) >= 11 is 0. The largest absolute Gasteiger partial charge is 0.497 e. The number of rotatable bonds is 7. The Balaban J connectivity index is 0.000000423. The van der Waals surface area contributed by atoms with Gasteiger partial charge in [0, 0.05) is 39.2 Å². The Kier molecular flexibility index (Phi) is 9.08. The topological polar surface area (TPSA) is 97.3 Å². The first-order valence-electron chi connectivity index (χ1n) is 9.69. The maximum atomic E-state index is 12.3. The lowest BCUT2D eigenvalue weighted by molar-refractivity contribution is -0.192. The molecule has 0 unspecified atom stereocenters. The minimum absolute atomic E-state index is 0.0484. The molecule has 2 aliphatic heterocycles. The third-order valence-electron chi connectivity index (χ3n) is 5.14. The van der Waals surface area contributed by atoms with Gasteiger partial charge in [0.1, 0.15) is 5.75 Å². The van der Waals surface area contributed by atoms with E-state index in [0.717, 1.165) is 25.4 Å². The van der Waals surface area contributed by atoms with Crippen molar-refractivity contribution >= 4 is 11.9 Å². The third kappa shape index (κ3) is 7.37. The number of alkyl halides is 3. The van der Waals surface area contributed by atoms with Gasteiger partial charge >= 0.3 is 12.1 Å². The summed E-state index contributed by atoms with van der Waals surface area (Å²) in [5, 5.41) is 10.1. The van der Waals surface area contributed by atoms with E-state index < -0.39 is 12.1 Å². The van der Waals surface area contributed by atoms with Crippen LogP contribution < -0.4 is 10.1 Å². The van der Waals surface area contributed by atoms with E-state index in [-0.39, 0.29) is 23.8 Å². The quantitative estimate of drug-likeness (QED) is 0.611. The number of carbonyl (C=O) groups excluding carboxylic acids is 1. The van der Waals surface area contributed by atoms with Crippen molar-refractivity contribution in [2.75, 3.05) is 47.1 Å². The van der Waals surface area contributed by atoms with Gasteiger partial charge in [-0.2, -0.15) is 13.2 Å². The van der Waals surface area contributed by atoms with Gasteiger partial charge in [-0.05, 0) is 17.7 Å². The average molecular weight is 448 g/mol. The number of aliphatic carboxylic acids is 1. The zero-order valence-corrected chi connectivity index (χ0v) is 17.4. The molecule has 1 aromatic rings. The standard InChI is InChI=1S/C18H26N2O4.C2HF3O2/c1-22-8-7-19-18(21)16-12-24-17-11-20(10-15(16)17)9-13-3-5-14(23-2)6-4-13;3-2(4,5)1(6)7/h3-6,15-17H,7-12H2,1-2H3,(H,19,21);(H,6,7)/t15-,16+,17-;/m1./s1. The zero-order valence-electron chi connectivity index (χ0n) is 17.4. The van der Waals surface area contributed by atoms with Gasteiger partial charge in [0.05, 0.1) is 32.3 Å². The first kappa shape index (κ1) is 24.9. The third-order valence-corrected chi connectivity index (χ3v) is 5.14. The Morgan fingerprint density at radius 2 is 1.87 bits per heavy atom. The molecule has 8 nitrogen and oxygen atoms in total. The maximum absolute atomic E-state index is 12.3. The summed E-state index contributed by atoms with van der Waals surface area (Å²) < 4.78 is 47.8. The van der Waals surface area contributed by atoms with Crippen molar-refractivity contribution in [1.29, 1.82) is 0 Å². The predicted molar refractivity (Wildman–Crippen MR) is 104 cm³/mol. The van der Waals surface area contributed by atoms with Gasteiger partial charge in [-0.25, -0.2) is 4.79 Å². The van der Waals surface area contributed by atoms with E-state index >= 15 is 0 Å². The van der Waals surface area contributed by atoms with Crippen LogP contribution in [0.25, 0.3) is 0 Å². The van der Waals surface area contributed by atoms with Crippen LogP contribution in [0.15, 0.2) is 24.3 Å². The van der Waals surface area contributed by atoms with Crippen molar-refractivity contribution in [1.82, 2.24) is 10.2 Å². The lowest BCUT2D eigenvalue weighted by atomic mass is 9.92. The van der Waals surface area contributed by atoms with Crippen LogP contribution >= 0.6 is 0 Å². The van der Waals surface area contributed by atoms with E-state index in [1.165, 1.54) is 5.56 Å². The second-order valence-electron chi connectivity index (χ2n) is 7.27. The number of fused-ring (bicyclic) bond motifs is 1. The summed E-state index contributed by atoms with van der Waals surface area (Å²) in [5.74, 6) is -1.56. The molecule has 174 valence electrons. The minimum atomic E-state index is -5.08. The molecule has 0 aromatic heterocycles. The Labute approximate surface area is 178 Å². The Bertz CT molecular complexity index is 729. The number of carbonyl (C=O) groups is 2. The van der Waals surface area contributed by atoms with Crippen LogP contribution in [0.4, 0.5) is 13.2 Å². The summed E-state index contributed by atoms with van der Waals surface area (Å²) in [6.07, 6.45) is -4.92. The van der Waals surface area contributed by atoms with Crippen LogP contribution in [0.3, 0.4) is 0 Å². The molecule has 3 atom stereocenters. The van der Waals surface area contributed by atoms with Gasteiger partial charge in [-0.3, -0.25) is 9.69 Å². The van der Waals surface area contributed by atoms with E-state index in [1.54, 1.807) is 14.2 Å². The molecule has 2 aliphatic rings. The van der Waals surface area contributed by atoms with Crippen molar-refractivity contribution in [3.05, 3.63) is 29.8 Å². The number of ether oxygens (including phenoxy) is 3. The van der Waals surface area contributed by atoms with Gasteiger partial charge < -0.3 is 24.6 Å². The first-order chi connectivity index (χ1) is 14.7. The highest BCUT2D eigenvalue weighted by Crippen LogP contribution is 2.34. The molecule has 0 saturated carbocycles. The molecule has 2 heterocycles. The molecule has 0 bridgehead atoms. The number of hydrogen-bond donors (Lipinski definition) is 2. The number of benzene rings is 1. The molecule has 0 radical (unpaired) electrons. The van der Waals surface area contributed by atoms with Crippen molar-refractivity contribution in [2.45, 2.75) is 18.8 Å². The number of nitrogens with one attached hydrogen (secondary N) is 1. The van der Waals surface area contributed by atoms with Gasteiger partial charge in [0.25, 0.3) is 0 Å². The van der Waals surface area contributed by atoms with Crippen molar-refractivity contribution in [3.63, 3.8) is 0 Å². The number of hydrogen-bond acceptors (Lipinski definition) is 6. The van der Waals surface area contributed by atoms with E-state index in [1.807, 2.05) is 12.1 Å². The molecule has 11 heteroatoms. The number of carboxylic acids is 1. The molecule has 0 spiro atoms. The van der Waals surface area contributed by atoms with Crippen LogP contribution in [0.2, 0.25) is 0 Å². The Morgan fingerprint density at radius 1 is 1.23 bits per heavy atom. The summed E-state index contributed by atoms with van der Waals surface area (Å²) in [6, 6.07) is 8.13. The number of halogens is 3. The maximum Gasteiger partial charge on any atom is 0.490 e. The summed E-state index contributed by atoms with van der Waals surface area (Å²) in [6.45, 7) is 4.29. The monoisotopic (exact) mass is 448 g/mol. The molecule has 1 aromatic carbocycles. The molecule has 1 amide bonds. The van der Waals surface area contributed by atoms with E-state index in [0.29, 0.717) is 19.8 Å². The van der Waals surface area contributed by atoms with Crippen LogP contribution in [0.1, 0.15) is 5.56 Å².